The molecule has 0 aliphatic carbocycles. The molecule has 0 aromatic heterocycles. The summed E-state index contributed by atoms with van der Waals surface area (Å²) in [6.45, 7) is 7.08. The molecule has 32 heavy (non-hydrogen) atoms. The minimum absolute atomic E-state index is 0.262. The highest BCUT2D eigenvalue weighted by Gasteiger charge is 2.22. The van der Waals surface area contributed by atoms with Crippen molar-refractivity contribution in [2.45, 2.75) is 45.6 Å². The van der Waals surface area contributed by atoms with Gasteiger partial charge in [0.1, 0.15) is 11.8 Å². The molecule has 1 amide bonds. The van der Waals surface area contributed by atoms with E-state index in [0.717, 1.165) is 25.3 Å². The van der Waals surface area contributed by atoms with Crippen molar-refractivity contribution in [3.63, 3.8) is 0 Å². The SMILES string of the molecule is CC(=O)N[C@H](CC(C)C)C(=O)O.COc1cc2c(cc1Cl)CCNC[C@H]2c1ccccc1. The van der Waals surface area contributed by atoms with Crippen molar-refractivity contribution in [3.05, 3.63) is 64.2 Å². The molecule has 7 heteroatoms. The van der Waals surface area contributed by atoms with Crippen LogP contribution in [0.3, 0.4) is 0 Å². The first-order valence-electron chi connectivity index (χ1n) is 10.8. The Morgan fingerprint density at radius 2 is 1.94 bits per heavy atom. The van der Waals surface area contributed by atoms with Crippen LogP contribution in [0.15, 0.2) is 42.5 Å². The maximum atomic E-state index is 10.6. The van der Waals surface area contributed by atoms with Crippen molar-refractivity contribution in [3.8, 4) is 5.75 Å². The van der Waals surface area contributed by atoms with Gasteiger partial charge in [-0.25, -0.2) is 4.79 Å². The smallest absolute Gasteiger partial charge is 0.326 e. The molecule has 2 aromatic carbocycles. The topological polar surface area (TPSA) is 87.7 Å². The lowest BCUT2D eigenvalue weighted by Gasteiger charge is -2.19. The molecule has 0 saturated carbocycles. The normalized spacial score (nSPS) is 16.1. The second-order valence-electron chi connectivity index (χ2n) is 8.32. The minimum atomic E-state index is -0.973. The fraction of sp³-hybridized carbons (Fsp3) is 0.440. The van der Waals surface area contributed by atoms with E-state index >= 15 is 0 Å². The standard InChI is InChI=1S/C17H18ClNO.C8H15NO3/c1-20-17-10-14-13(9-16(17)18)7-8-19-11-15(14)12-5-3-2-4-6-12;1-5(2)4-7(8(11)12)9-6(3)10/h2-6,9-10,15,19H,7-8,11H2,1H3;5,7H,4H2,1-3H3,(H,9,10)(H,11,12)/t15-;7-/m01/s1. The number of carboxylic acid groups (broad SMARTS) is 1. The Balaban J connectivity index is 0.000000262. The first-order chi connectivity index (χ1) is 15.2. The third kappa shape index (κ3) is 7.53. The molecular formula is C25H33ClN2O4. The highest BCUT2D eigenvalue weighted by Crippen LogP contribution is 2.35. The van der Waals surface area contributed by atoms with Gasteiger partial charge in [0.25, 0.3) is 0 Å². The third-order valence-corrected chi connectivity index (χ3v) is 5.59. The number of hydrogen-bond donors (Lipinski definition) is 3. The monoisotopic (exact) mass is 460 g/mol. The summed E-state index contributed by atoms with van der Waals surface area (Å²) in [6, 6.07) is 14.0. The van der Waals surface area contributed by atoms with E-state index in [4.69, 9.17) is 21.4 Å². The van der Waals surface area contributed by atoms with Gasteiger partial charge in [-0.1, -0.05) is 55.8 Å². The number of benzene rings is 2. The van der Waals surface area contributed by atoms with E-state index in [1.165, 1.54) is 23.6 Å². The van der Waals surface area contributed by atoms with E-state index in [0.29, 0.717) is 17.4 Å². The van der Waals surface area contributed by atoms with E-state index in [9.17, 15) is 9.59 Å². The van der Waals surface area contributed by atoms with Crippen LogP contribution < -0.4 is 15.4 Å². The summed E-state index contributed by atoms with van der Waals surface area (Å²) in [7, 11) is 1.67. The lowest BCUT2D eigenvalue weighted by atomic mass is 9.88. The quantitative estimate of drug-likeness (QED) is 0.599. The summed E-state index contributed by atoms with van der Waals surface area (Å²) < 4.78 is 5.38. The summed E-state index contributed by atoms with van der Waals surface area (Å²) >= 11 is 6.26. The molecule has 6 nitrogen and oxygen atoms in total. The Labute approximate surface area is 195 Å². The zero-order valence-electron chi connectivity index (χ0n) is 19.2. The second-order valence-corrected chi connectivity index (χ2v) is 8.73. The minimum Gasteiger partial charge on any atom is -0.495 e. The van der Waals surface area contributed by atoms with Crippen molar-refractivity contribution in [1.82, 2.24) is 10.6 Å². The Hall–Kier alpha value is -2.57. The average Bonchev–Trinajstić information content (AvgIpc) is 2.95. The number of hydrogen-bond acceptors (Lipinski definition) is 4. The van der Waals surface area contributed by atoms with Crippen LogP contribution in [0.5, 0.6) is 5.75 Å². The number of carbonyl (C=O) groups is 2. The summed E-state index contributed by atoms with van der Waals surface area (Å²) in [5, 5.41) is 15.2. The number of halogens is 1. The molecule has 2 aromatic rings. The third-order valence-electron chi connectivity index (χ3n) is 5.29. The van der Waals surface area contributed by atoms with Crippen LogP contribution in [-0.2, 0) is 16.0 Å². The molecule has 0 unspecified atom stereocenters. The maximum absolute atomic E-state index is 10.6. The number of fused-ring (bicyclic) bond motifs is 1. The number of carbonyl (C=O) groups excluding carboxylic acids is 1. The first-order valence-corrected chi connectivity index (χ1v) is 11.2. The molecule has 0 fully saturated rings. The Morgan fingerprint density at radius 3 is 2.50 bits per heavy atom. The van der Waals surface area contributed by atoms with Gasteiger partial charge < -0.3 is 20.5 Å². The first kappa shape index (κ1) is 25.7. The lowest BCUT2D eigenvalue weighted by Crippen LogP contribution is -2.40. The van der Waals surface area contributed by atoms with Gasteiger partial charge >= 0.3 is 5.97 Å². The number of rotatable bonds is 6. The molecule has 0 saturated heterocycles. The molecule has 0 bridgehead atoms. The predicted octanol–water partition coefficient (Wildman–Crippen LogP) is 4.25. The fourth-order valence-electron chi connectivity index (χ4n) is 3.81. The summed E-state index contributed by atoms with van der Waals surface area (Å²) in [5.41, 5.74) is 3.96. The van der Waals surface area contributed by atoms with Crippen LogP contribution in [0.4, 0.5) is 0 Å². The Bertz CT molecular complexity index is 902. The van der Waals surface area contributed by atoms with Gasteiger partial charge in [0.2, 0.25) is 5.91 Å². The molecular weight excluding hydrogens is 428 g/mol. The number of nitrogens with one attached hydrogen (secondary N) is 2. The van der Waals surface area contributed by atoms with Crippen molar-refractivity contribution >= 4 is 23.5 Å². The van der Waals surface area contributed by atoms with Gasteiger partial charge in [-0.15, -0.1) is 0 Å². The highest BCUT2D eigenvalue weighted by atomic mass is 35.5. The van der Waals surface area contributed by atoms with Gasteiger partial charge in [0.05, 0.1) is 12.1 Å². The Morgan fingerprint density at radius 1 is 1.25 bits per heavy atom. The van der Waals surface area contributed by atoms with E-state index < -0.39 is 12.0 Å². The molecule has 3 rings (SSSR count). The van der Waals surface area contributed by atoms with Crippen LogP contribution in [0.2, 0.25) is 5.02 Å². The van der Waals surface area contributed by atoms with Crippen LogP contribution in [0.1, 0.15) is 49.8 Å². The van der Waals surface area contributed by atoms with Crippen LogP contribution in [0.25, 0.3) is 0 Å². The van der Waals surface area contributed by atoms with Gasteiger partial charge in [0, 0.05) is 19.4 Å². The average molecular weight is 461 g/mol. The van der Waals surface area contributed by atoms with Gasteiger partial charge in [-0.3, -0.25) is 4.79 Å². The molecule has 174 valence electrons. The number of ether oxygens (including phenoxy) is 1. The zero-order valence-corrected chi connectivity index (χ0v) is 19.9. The van der Waals surface area contributed by atoms with E-state index in [-0.39, 0.29) is 11.8 Å². The maximum Gasteiger partial charge on any atom is 0.326 e. The van der Waals surface area contributed by atoms with Crippen LogP contribution in [-0.4, -0.2) is 43.2 Å². The summed E-state index contributed by atoms with van der Waals surface area (Å²) in [6.07, 6.45) is 1.47. The molecule has 2 atom stereocenters. The molecule has 1 aliphatic heterocycles. The van der Waals surface area contributed by atoms with E-state index in [2.05, 4.69) is 53.1 Å². The highest BCUT2D eigenvalue weighted by molar-refractivity contribution is 6.32. The summed E-state index contributed by atoms with van der Waals surface area (Å²) in [4.78, 5) is 21.1. The largest absolute Gasteiger partial charge is 0.495 e. The van der Waals surface area contributed by atoms with Crippen LogP contribution >= 0.6 is 11.6 Å². The molecule has 0 spiro atoms. The lowest BCUT2D eigenvalue weighted by molar-refractivity contribution is -0.142. The molecule has 1 aliphatic rings. The van der Waals surface area contributed by atoms with Crippen molar-refractivity contribution in [2.75, 3.05) is 20.2 Å². The van der Waals surface area contributed by atoms with Crippen molar-refractivity contribution in [1.29, 1.82) is 0 Å². The van der Waals surface area contributed by atoms with Gasteiger partial charge in [-0.05, 0) is 54.1 Å². The number of carboxylic acids is 1. The zero-order chi connectivity index (χ0) is 23.7. The van der Waals surface area contributed by atoms with Gasteiger partial charge in [0.15, 0.2) is 0 Å². The van der Waals surface area contributed by atoms with Crippen LogP contribution in [0, 0.1) is 5.92 Å². The van der Waals surface area contributed by atoms with E-state index in [1.54, 1.807) is 7.11 Å². The molecule has 1 heterocycles. The van der Waals surface area contributed by atoms with Crippen molar-refractivity contribution in [2.24, 2.45) is 5.92 Å². The predicted molar refractivity (Wildman–Crippen MR) is 128 cm³/mol. The Kier molecular flexibility index (Phi) is 10.0. The molecule has 3 N–H and O–H groups in total. The molecule has 0 radical (unpaired) electrons. The van der Waals surface area contributed by atoms with Crippen molar-refractivity contribution < 1.29 is 19.4 Å². The fourth-order valence-corrected chi connectivity index (χ4v) is 4.07. The number of aliphatic carboxylic acids is 1. The summed E-state index contributed by atoms with van der Waals surface area (Å²) in [5.74, 6) is 0.0908. The van der Waals surface area contributed by atoms with Gasteiger partial charge in [-0.2, -0.15) is 0 Å². The van der Waals surface area contributed by atoms with E-state index in [1.807, 2.05) is 13.8 Å². The second kappa shape index (κ2) is 12.5. The number of methoxy groups -OCH3 is 1. The number of amides is 1.